The number of carbonyl (C=O) groups is 5. The second kappa shape index (κ2) is 32.3. The van der Waals surface area contributed by atoms with E-state index in [0.717, 1.165) is 36.8 Å². The minimum Gasteiger partial charge on any atom is -0.870 e. The number of cyclic esters (lactones) is 1. The minimum absolute atomic E-state index is 0.00849. The van der Waals surface area contributed by atoms with Gasteiger partial charge in [-0.1, -0.05) is 98.7 Å². The molecule has 0 aromatic rings. The van der Waals surface area contributed by atoms with Crippen molar-refractivity contribution < 1.29 is 71.5 Å². The number of ether oxygens (including phenoxy) is 6. The molecule has 2 saturated heterocycles. The monoisotopic (exact) mass is 1210 g/mol. The molecule has 21 heteroatoms. The highest BCUT2D eigenvalue weighted by Crippen LogP contribution is 2.44. The highest BCUT2D eigenvalue weighted by atomic mass is 28.4. The number of unbranched alkanes of at least 4 members (excludes halogenated alkanes) is 3. The molecule has 1 aliphatic carbocycles. The molecule has 478 valence electrons. The molecule has 84 heavy (non-hydrogen) atoms. The van der Waals surface area contributed by atoms with Crippen LogP contribution in [0.3, 0.4) is 0 Å². The lowest BCUT2D eigenvalue weighted by Gasteiger charge is -2.47. The van der Waals surface area contributed by atoms with Crippen LogP contribution in [0.25, 0.3) is 0 Å². The van der Waals surface area contributed by atoms with E-state index >= 15 is 9.59 Å². The van der Waals surface area contributed by atoms with E-state index in [1.807, 2.05) is 33.8 Å². The molecule has 2 radical (unpaired) electrons. The molecule has 0 spiro atoms. The van der Waals surface area contributed by atoms with E-state index in [-0.39, 0.29) is 78.7 Å². The number of allylic oxidation sites excluding steroid dienone is 3. The second-order valence-corrected chi connectivity index (χ2v) is 37.4. The summed E-state index contributed by atoms with van der Waals surface area (Å²) in [5.41, 5.74) is 1.66. The highest BCUT2D eigenvalue weighted by molar-refractivity contribution is 6.74. The van der Waals surface area contributed by atoms with Crippen molar-refractivity contribution in [2.45, 2.75) is 263 Å². The highest BCUT2D eigenvalue weighted by Gasteiger charge is 2.57. The third-order valence-corrected chi connectivity index (χ3v) is 28.2. The number of ketones is 2. The van der Waals surface area contributed by atoms with E-state index in [1.165, 1.54) is 19.1 Å². The van der Waals surface area contributed by atoms with Crippen LogP contribution in [0.15, 0.2) is 28.3 Å². The van der Waals surface area contributed by atoms with Crippen molar-refractivity contribution >= 4 is 59.8 Å². The Morgan fingerprint density at radius 3 is 2.06 bits per heavy atom. The molecule has 2 unspecified atom stereocenters. The summed E-state index contributed by atoms with van der Waals surface area (Å²) in [7, 11) is 5.06. The molecular weight excluding hydrogens is 1110 g/mol. The fourth-order valence-corrected chi connectivity index (χ4v) is 14.7. The van der Waals surface area contributed by atoms with Crippen LogP contribution in [0.2, 0.25) is 36.3 Å². The summed E-state index contributed by atoms with van der Waals surface area (Å²) in [6.07, 6.45) is 7.10. The van der Waals surface area contributed by atoms with Gasteiger partial charge in [-0.2, -0.15) is 0 Å². The second-order valence-electron chi connectivity index (χ2n) is 27.9. The number of hydrogen-bond donors (Lipinski definition) is 2. The van der Waals surface area contributed by atoms with Gasteiger partial charge in [0.25, 0.3) is 11.7 Å². The lowest BCUT2D eigenvalue weighted by atomic mass is 9.81. The predicted octanol–water partition coefficient (Wildman–Crippen LogP) is 9.68. The summed E-state index contributed by atoms with van der Waals surface area (Å²) in [5, 5.41) is 25.9. The molecule has 4 aliphatic rings. The summed E-state index contributed by atoms with van der Waals surface area (Å²) in [4.78, 5) is 78.2. The van der Waals surface area contributed by atoms with E-state index < -0.39 is 106 Å². The van der Waals surface area contributed by atoms with Crippen LogP contribution in [0.4, 0.5) is 4.79 Å². The van der Waals surface area contributed by atoms with Gasteiger partial charge in [-0.05, 0) is 145 Å². The van der Waals surface area contributed by atoms with Crippen LogP contribution in [0.5, 0.6) is 0 Å². The zero-order valence-corrected chi connectivity index (χ0v) is 56.7. The molecule has 0 aromatic carbocycles. The smallest absolute Gasteiger partial charge is 0.407 e. The third-order valence-electron chi connectivity index (χ3n) is 19.2. The Morgan fingerprint density at radius 1 is 0.845 bits per heavy atom. The molecule has 18 nitrogen and oxygen atoms in total. The van der Waals surface area contributed by atoms with E-state index in [9.17, 15) is 24.6 Å². The number of hydrogen-bond acceptors (Lipinski definition) is 16. The summed E-state index contributed by atoms with van der Waals surface area (Å²) < 4.78 is 51.4. The molecule has 2 bridgehead atoms. The summed E-state index contributed by atoms with van der Waals surface area (Å²) in [6, 6.07) is -1.17. The zero-order chi connectivity index (χ0) is 63.1. The van der Waals surface area contributed by atoms with Gasteiger partial charge in [0.1, 0.15) is 31.9 Å². The van der Waals surface area contributed by atoms with Crippen molar-refractivity contribution in [1.82, 2.24) is 10.2 Å². The van der Waals surface area contributed by atoms with Crippen LogP contribution in [0.1, 0.15) is 172 Å². The Kier molecular flexibility index (Phi) is 28.1. The minimum atomic E-state index is -2.70. The Hall–Kier alpha value is -3.28. The molecule has 1 saturated carbocycles. The first kappa shape index (κ1) is 73.2. The van der Waals surface area contributed by atoms with Crippen molar-refractivity contribution in [2.24, 2.45) is 34.6 Å². The van der Waals surface area contributed by atoms with Crippen molar-refractivity contribution in [3.63, 3.8) is 0 Å². The first-order chi connectivity index (χ1) is 39.1. The van der Waals surface area contributed by atoms with Crippen LogP contribution in [-0.2, 0) is 56.5 Å². The molecule has 2 amide bonds. The largest absolute Gasteiger partial charge is 0.870 e. The number of alkyl carbamates (subject to hydrolysis) is 1. The van der Waals surface area contributed by atoms with Crippen molar-refractivity contribution in [3.05, 3.63) is 23.3 Å². The maximum atomic E-state index is 15.4. The number of nitrogens with one attached hydrogen (secondary N) is 1. The number of fused-ring (bicyclic) bond motifs is 3. The Labute approximate surface area is 508 Å². The quantitative estimate of drug-likeness (QED) is 0.0233. The lowest BCUT2D eigenvalue weighted by Crippen LogP contribution is -2.64. The number of rotatable bonds is 19. The first-order valence-electron chi connectivity index (χ1n) is 31.3. The Morgan fingerprint density at radius 2 is 1.45 bits per heavy atom. The number of methoxy groups -OCH3 is 3. The van der Waals surface area contributed by atoms with E-state index in [2.05, 4.69) is 84.1 Å². The van der Waals surface area contributed by atoms with Gasteiger partial charge in [-0.15, -0.1) is 0 Å². The van der Waals surface area contributed by atoms with Gasteiger partial charge >= 0.3 is 12.1 Å². The van der Waals surface area contributed by atoms with Crippen LogP contribution < -0.4 is 10.4 Å². The predicted molar refractivity (Wildman–Crippen MR) is 330 cm³/mol. The lowest BCUT2D eigenvalue weighted by molar-refractivity contribution is -0.302. The van der Waals surface area contributed by atoms with Crippen LogP contribution in [-0.4, -0.2) is 172 Å². The van der Waals surface area contributed by atoms with Gasteiger partial charge in [0.2, 0.25) is 5.79 Å². The van der Waals surface area contributed by atoms with E-state index in [1.54, 1.807) is 14.0 Å². The van der Waals surface area contributed by atoms with Gasteiger partial charge in [0.05, 0.1) is 37.1 Å². The van der Waals surface area contributed by atoms with Gasteiger partial charge in [-0.3, -0.25) is 14.4 Å². The topological polar surface area (TPSA) is 230 Å². The first-order valence-corrected chi connectivity index (χ1v) is 37.1. The third kappa shape index (κ3) is 20.4. The zero-order valence-electron chi connectivity index (χ0n) is 54.7. The number of esters is 1. The van der Waals surface area contributed by atoms with Crippen LogP contribution in [0, 0.1) is 29.6 Å². The standard InChI is InChI=1S/C63H110BN3O15Si2/c1-40-33-41(2)35-52(76-13)55-53(77-14)37-43(4)63(74,80-55)56(69)57(70)67-31-24-21-25-47(67)58(71)79-54(42(3)36-45-26-27-49(51(38-45)75-12)81-83(15,16)61(6,7)8)44(5)50(82-84(17,18)62(9,10)11)39-48(68)46(34-40)28-32-78-60(73)66-30-23-20-19-22-29-65-59(64)72/h34,36,41,43-47,49-55,74H,19-33,35,37-39H2,1-18H3,(H,65,72)(H,66,73)/p-1/b40-34+,42-36+/t41-,43+,44+,45-,46?,47-,49+,50+,51+,52-,53-,54?,55+,63+/m0/s1. The van der Waals surface area contributed by atoms with Gasteiger partial charge in [0, 0.05) is 65.1 Å². The molecule has 14 atom stereocenters. The number of amides is 2. The van der Waals surface area contributed by atoms with Crippen molar-refractivity contribution in [1.29, 1.82) is 0 Å². The molecule has 4 rings (SSSR count). The SMILES string of the molecule is [B]C([O-])=NCCCCCCNC(=O)OCCC1/C=C(\C)C[C@H](C)C[C@H](OC)[C@H]2O[C@@](O)(C(=O)C(=O)N3CCCC[C@H]3C(=O)OC(/C(C)=C/[C@@H]3CC[C@@H](O[Si](C)(C)C(C)(C)C)[C@H](OC)C3)[C@H](C)[C@H](O[Si](C)(C)C(C)(C)C)CC1=O)[C@H](C)C[C@@H]2OC. The summed E-state index contributed by atoms with van der Waals surface area (Å²) >= 11 is 0. The Bertz CT molecular complexity index is 2260. The molecule has 0 aromatic heterocycles. The number of Topliss-reactive ketones (excluding diaryl/α,β-unsaturated/α-hetero) is 2. The van der Waals surface area contributed by atoms with Gasteiger partial charge < -0.3 is 62.7 Å². The number of piperidine rings is 1. The molecule has 2 N–H and O–H groups in total. The number of aliphatic imine (C=N–C) groups is 1. The summed E-state index contributed by atoms with van der Waals surface area (Å²) in [6.45, 7) is 32.2. The van der Waals surface area contributed by atoms with Gasteiger partial charge in [-0.25, -0.2) is 9.59 Å². The number of nitrogens with zero attached hydrogens (tertiary/aromatic N) is 2. The average Bonchev–Trinajstić information content (AvgIpc) is 2.39. The van der Waals surface area contributed by atoms with Gasteiger partial charge in [0.15, 0.2) is 16.6 Å². The van der Waals surface area contributed by atoms with E-state index in [4.69, 9.17) is 45.1 Å². The molecular formula is C63H109BN3O15Si2-. The Balaban J connectivity index is 1.85. The molecule has 3 fully saturated rings. The summed E-state index contributed by atoms with van der Waals surface area (Å²) in [5.74, 6) is -8.55. The normalized spacial score (nSPS) is 32.6. The van der Waals surface area contributed by atoms with Crippen molar-refractivity contribution in [3.8, 4) is 0 Å². The number of aliphatic hydroxyl groups is 1. The van der Waals surface area contributed by atoms with E-state index in [0.29, 0.717) is 58.0 Å². The fraction of sp³-hybridized carbons (Fsp3) is 0.841. The molecule has 3 heterocycles. The maximum absolute atomic E-state index is 15.4. The fourth-order valence-electron chi connectivity index (χ4n) is 12.0. The average molecular weight is 1220 g/mol. The molecule has 3 aliphatic heterocycles. The number of carbonyl (C=O) groups excluding carboxylic acids is 5. The van der Waals surface area contributed by atoms with Crippen molar-refractivity contribution in [2.75, 3.05) is 47.6 Å². The van der Waals surface area contributed by atoms with Crippen LogP contribution >= 0.6 is 0 Å². The maximum Gasteiger partial charge on any atom is 0.407 e.